The van der Waals surface area contributed by atoms with Crippen molar-refractivity contribution in [3.05, 3.63) is 23.3 Å². The van der Waals surface area contributed by atoms with Crippen molar-refractivity contribution in [1.29, 1.82) is 0 Å². The van der Waals surface area contributed by atoms with Gasteiger partial charge in [0.05, 0.1) is 17.7 Å². The molecule has 1 aromatic rings. The second kappa shape index (κ2) is 6.66. The van der Waals surface area contributed by atoms with E-state index in [2.05, 4.69) is 10.1 Å². The highest BCUT2D eigenvalue weighted by molar-refractivity contribution is 8.13. The van der Waals surface area contributed by atoms with Gasteiger partial charge < -0.3 is 4.74 Å². The van der Waals surface area contributed by atoms with Crippen molar-refractivity contribution >= 4 is 31.5 Å². The first-order valence-corrected chi connectivity index (χ1v) is 8.86. The smallest absolute Gasteiger partial charge is 0.411 e. The number of methoxy groups -OCH3 is 1. The minimum atomic E-state index is -3.84. The molecule has 0 aliphatic rings. The van der Waals surface area contributed by atoms with Crippen LogP contribution in [-0.4, -0.2) is 21.6 Å². The lowest BCUT2D eigenvalue weighted by Crippen LogP contribution is -2.16. The summed E-state index contributed by atoms with van der Waals surface area (Å²) in [6, 6.07) is 2.98. The fourth-order valence-electron chi connectivity index (χ4n) is 2.01. The second-order valence-electron chi connectivity index (χ2n) is 5.34. The van der Waals surface area contributed by atoms with Gasteiger partial charge in [0.2, 0.25) is 0 Å². The second-order valence-corrected chi connectivity index (χ2v) is 7.91. The van der Waals surface area contributed by atoms with E-state index in [0.717, 1.165) is 0 Å². The van der Waals surface area contributed by atoms with Crippen LogP contribution in [0.3, 0.4) is 0 Å². The van der Waals surface area contributed by atoms with Gasteiger partial charge in [-0.2, -0.15) is 0 Å². The molecule has 0 saturated heterocycles. The highest BCUT2D eigenvalue weighted by atomic mass is 35.7. The first-order valence-electron chi connectivity index (χ1n) is 6.55. The molecule has 1 rings (SSSR count). The third kappa shape index (κ3) is 4.35. The first-order chi connectivity index (χ1) is 9.57. The molecule has 0 saturated carbocycles. The molecule has 1 N–H and O–H groups in total. The number of nitrogens with one attached hydrogen (secondary N) is 1. The Hall–Kier alpha value is -1.27. The summed E-state index contributed by atoms with van der Waals surface area (Å²) in [7, 11) is 2.89. The van der Waals surface area contributed by atoms with Gasteiger partial charge in [-0.1, -0.05) is 27.7 Å². The summed E-state index contributed by atoms with van der Waals surface area (Å²) < 4.78 is 27.9. The lowest BCUT2D eigenvalue weighted by atomic mass is 9.92. The number of halogens is 1. The zero-order valence-electron chi connectivity index (χ0n) is 12.7. The van der Waals surface area contributed by atoms with E-state index in [4.69, 9.17) is 10.7 Å². The number of rotatable bonds is 4. The molecular weight excluding hydrogens is 314 g/mol. The molecule has 7 heteroatoms. The van der Waals surface area contributed by atoms with Crippen molar-refractivity contribution in [3.63, 3.8) is 0 Å². The van der Waals surface area contributed by atoms with Crippen molar-refractivity contribution in [2.45, 2.75) is 44.4 Å². The summed E-state index contributed by atoms with van der Waals surface area (Å²) in [5, 5.41) is 2.67. The molecule has 0 aliphatic heterocycles. The monoisotopic (exact) mass is 333 g/mol. The van der Waals surface area contributed by atoms with Gasteiger partial charge in [-0.15, -0.1) is 0 Å². The van der Waals surface area contributed by atoms with Crippen LogP contribution in [-0.2, 0) is 13.8 Å². The van der Waals surface area contributed by atoms with E-state index < -0.39 is 15.1 Å². The van der Waals surface area contributed by atoms with Gasteiger partial charge in [-0.25, -0.2) is 13.2 Å². The predicted molar refractivity (Wildman–Crippen MR) is 83.7 cm³/mol. The summed E-state index contributed by atoms with van der Waals surface area (Å²) in [5.74, 6) is 0.0149. The molecule has 5 nitrogen and oxygen atoms in total. The Bertz CT molecular complexity index is 609. The van der Waals surface area contributed by atoms with E-state index in [1.54, 1.807) is 0 Å². The van der Waals surface area contributed by atoms with Crippen LogP contribution >= 0.6 is 10.7 Å². The number of hydrogen-bond acceptors (Lipinski definition) is 4. The lowest BCUT2D eigenvalue weighted by molar-refractivity contribution is 0.187. The summed E-state index contributed by atoms with van der Waals surface area (Å²) in [4.78, 5) is 11.6. The van der Waals surface area contributed by atoms with Crippen molar-refractivity contribution in [3.8, 4) is 0 Å². The minimum Gasteiger partial charge on any atom is -0.453 e. The highest BCUT2D eigenvalue weighted by Gasteiger charge is 2.21. The molecule has 21 heavy (non-hydrogen) atoms. The highest BCUT2D eigenvalue weighted by Crippen LogP contribution is 2.36. The Morgan fingerprint density at radius 2 is 1.57 bits per heavy atom. The first kappa shape index (κ1) is 17.8. The molecule has 118 valence electrons. The van der Waals surface area contributed by atoms with Gasteiger partial charge in [-0.05, 0) is 35.1 Å². The molecule has 0 unspecified atom stereocenters. The van der Waals surface area contributed by atoms with Gasteiger partial charge >= 0.3 is 6.09 Å². The summed E-state index contributed by atoms with van der Waals surface area (Å²) in [6.07, 6.45) is -0.597. The van der Waals surface area contributed by atoms with E-state index in [0.29, 0.717) is 16.8 Å². The minimum absolute atomic E-state index is 0.00743. The van der Waals surface area contributed by atoms with Gasteiger partial charge in [0.15, 0.2) is 0 Å². The van der Waals surface area contributed by atoms with Crippen molar-refractivity contribution in [2.75, 3.05) is 12.4 Å². The number of hydrogen-bond donors (Lipinski definition) is 1. The molecule has 0 aliphatic carbocycles. The Morgan fingerprint density at radius 3 is 1.86 bits per heavy atom. The Kier molecular flexibility index (Phi) is 5.64. The number of amides is 1. The van der Waals surface area contributed by atoms with Crippen molar-refractivity contribution in [2.24, 2.45) is 0 Å². The lowest BCUT2D eigenvalue weighted by Gasteiger charge is -2.21. The average Bonchev–Trinajstić information content (AvgIpc) is 2.36. The summed E-state index contributed by atoms with van der Waals surface area (Å²) >= 11 is 0. The number of ether oxygens (including phenoxy) is 1. The molecule has 0 bridgehead atoms. The standard InChI is InChI=1S/C14H20ClNO4S/c1-8(2)11-6-10(21(15,18)19)7-12(9(3)4)13(11)16-14(17)20-5/h6-9H,1-5H3,(H,16,17). The molecule has 0 radical (unpaired) electrons. The molecule has 0 spiro atoms. The maximum absolute atomic E-state index is 11.6. The van der Waals surface area contributed by atoms with Crippen molar-refractivity contribution in [1.82, 2.24) is 0 Å². The topological polar surface area (TPSA) is 72.5 Å². The molecule has 0 aromatic heterocycles. The van der Waals surface area contributed by atoms with E-state index in [1.807, 2.05) is 27.7 Å². The third-order valence-electron chi connectivity index (χ3n) is 3.11. The van der Waals surface area contributed by atoms with E-state index >= 15 is 0 Å². The SMILES string of the molecule is COC(=O)Nc1c(C(C)C)cc(S(=O)(=O)Cl)cc1C(C)C. The van der Waals surface area contributed by atoms with Crippen LogP contribution in [0.5, 0.6) is 0 Å². The molecular formula is C14H20ClNO4S. The fraction of sp³-hybridized carbons (Fsp3) is 0.500. The normalized spacial score (nSPS) is 11.8. The van der Waals surface area contributed by atoms with Crippen LogP contribution in [0, 0.1) is 0 Å². The quantitative estimate of drug-likeness (QED) is 0.844. The van der Waals surface area contributed by atoms with Gasteiger partial charge in [0, 0.05) is 10.7 Å². The largest absolute Gasteiger partial charge is 0.453 e. The van der Waals surface area contributed by atoms with E-state index in [1.165, 1.54) is 19.2 Å². The van der Waals surface area contributed by atoms with Crippen LogP contribution in [0.15, 0.2) is 17.0 Å². The third-order valence-corrected chi connectivity index (χ3v) is 4.44. The summed E-state index contributed by atoms with van der Waals surface area (Å²) in [5.41, 5.74) is 1.98. The zero-order chi connectivity index (χ0) is 16.4. The van der Waals surface area contributed by atoms with Crippen LogP contribution in [0.2, 0.25) is 0 Å². The molecule has 0 atom stereocenters. The maximum Gasteiger partial charge on any atom is 0.411 e. The number of benzene rings is 1. The van der Waals surface area contributed by atoms with Crippen LogP contribution in [0.1, 0.15) is 50.7 Å². The molecule has 0 fully saturated rings. The maximum atomic E-state index is 11.6. The Labute approximate surface area is 130 Å². The number of anilines is 1. The Morgan fingerprint density at radius 1 is 1.14 bits per heavy atom. The molecule has 1 amide bonds. The van der Waals surface area contributed by atoms with Gasteiger partial charge in [0.1, 0.15) is 0 Å². The zero-order valence-corrected chi connectivity index (χ0v) is 14.3. The number of carbonyl (C=O) groups excluding carboxylic acids is 1. The summed E-state index contributed by atoms with van der Waals surface area (Å²) in [6.45, 7) is 7.64. The fourth-order valence-corrected chi connectivity index (χ4v) is 2.81. The van der Waals surface area contributed by atoms with Crippen LogP contribution in [0.25, 0.3) is 0 Å². The predicted octanol–water partition coefficient (Wildman–Crippen LogP) is 4.04. The van der Waals surface area contributed by atoms with Crippen molar-refractivity contribution < 1.29 is 17.9 Å². The molecule has 0 heterocycles. The number of carbonyl (C=O) groups is 1. The average molecular weight is 334 g/mol. The van der Waals surface area contributed by atoms with E-state index in [9.17, 15) is 13.2 Å². The van der Waals surface area contributed by atoms with E-state index in [-0.39, 0.29) is 16.7 Å². The Balaban J connectivity index is 3.62. The van der Waals surface area contributed by atoms with Crippen LogP contribution in [0.4, 0.5) is 10.5 Å². The molecule has 1 aromatic carbocycles. The van der Waals surface area contributed by atoms with Crippen LogP contribution < -0.4 is 5.32 Å². The van der Waals surface area contributed by atoms with Gasteiger partial charge in [-0.3, -0.25) is 5.32 Å². The van der Waals surface area contributed by atoms with Gasteiger partial charge in [0.25, 0.3) is 9.05 Å².